The highest BCUT2D eigenvalue weighted by Crippen LogP contribution is 2.45. The predicted octanol–water partition coefficient (Wildman–Crippen LogP) is 12.6. The molecule has 9 aromatic rings. The first-order valence-electron chi connectivity index (χ1n) is 19.6. The third-order valence-electron chi connectivity index (χ3n) is 8.44. The van der Waals surface area contributed by atoms with E-state index in [1.807, 2.05) is 54.6 Å². The highest BCUT2D eigenvalue weighted by molar-refractivity contribution is 6.22. The summed E-state index contributed by atoms with van der Waals surface area (Å²) in [6, 6.07) is 31.9. The normalized spacial score (nSPS) is 14.7. The number of fused-ring (bicyclic) bond motifs is 5. The smallest absolute Gasteiger partial charge is 0.136 e. The van der Waals surface area contributed by atoms with Crippen molar-refractivity contribution >= 4 is 43.5 Å². The minimum absolute atomic E-state index is 0.121. The molecule has 0 saturated heterocycles. The van der Waals surface area contributed by atoms with E-state index < -0.39 is 12.1 Å². The summed E-state index contributed by atoms with van der Waals surface area (Å²) >= 11 is 0. The number of hydrogen-bond donors (Lipinski definition) is 0. The molecule has 1 aromatic heterocycles. The van der Waals surface area contributed by atoms with Crippen molar-refractivity contribution < 1.29 is 18.1 Å². The van der Waals surface area contributed by atoms with E-state index in [9.17, 15) is 0 Å². The molecule has 0 saturated carbocycles. The number of rotatable bonds is 4. The molecule has 0 spiro atoms. The van der Waals surface area contributed by atoms with E-state index in [0.29, 0.717) is 22.3 Å². The van der Waals surface area contributed by atoms with Crippen molar-refractivity contribution in [1.82, 2.24) is 0 Å². The first-order valence-corrected chi connectivity index (χ1v) is 14.6. The average molecular weight is 583 g/mol. The summed E-state index contributed by atoms with van der Waals surface area (Å²) in [7, 11) is 0. The molecule has 0 radical (unpaired) electrons. The fraction of sp³-hybridized carbons (Fsp3) is 0. The maximum atomic E-state index is 8.46. The van der Waals surface area contributed by atoms with Crippen LogP contribution in [0, 0.1) is 0 Å². The van der Waals surface area contributed by atoms with Gasteiger partial charge in [-0.05, 0) is 90.3 Å². The average Bonchev–Trinajstić information content (AvgIpc) is 3.57. The zero-order chi connectivity index (χ0) is 38.4. The van der Waals surface area contributed by atoms with E-state index >= 15 is 0 Å². The largest absolute Gasteiger partial charge is 0.456 e. The standard InChI is InChI=1S/C44H28O/c1-3-11-29(12-4-1)31-19-21-32(22-20-31)43-37-15-7-9-17-39(37)44(40-18-10-8-16-38(40)43)34-24-26-36-35-25-23-33(30-13-5-2-6-14-30)27-41(35)45-42(36)28-34/h1-28H/i1D,2D,3D,4D,5D,6D,11D,12D,13D,14D. The molecule has 1 heterocycles. The van der Waals surface area contributed by atoms with Crippen LogP contribution < -0.4 is 0 Å². The van der Waals surface area contributed by atoms with Gasteiger partial charge in [0.05, 0.1) is 13.7 Å². The second-order valence-corrected chi connectivity index (χ2v) is 10.9. The molecular formula is C44H28O. The first kappa shape index (κ1) is 17.4. The monoisotopic (exact) mass is 582 g/mol. The van der Waals surface area contributed by atoms with Crippen LogP contribution in [0.4, 0.5) is 0 Å². The molecular weight excluding hydrogens is 544 g/mol. The highest BCUT2D eigenvalue weighted by Gasteiger charge is 2.18. The molecule has 8 aromatic carbocycles. The summed E-state index contributed by atoms with van der Waals surface area (Å²) in [6.45, 7) is 0. The van der Waals surface area contributed by atoms with Gasteiger partial charge < -0.3 is 4.42 Å². The van der Waals surface area contributed by atoms with Gasteiger partial charge in [-0.2, -0.15) is 0 Å². The summed E-state index contributed by atoms with van der Waals surface area (Å²) < 4.78 is 88.8. The molecule has 9 rings (SSSR count). The molecule has 0 atom stereocenters. The third-order valence-corrected chi connectivity index (χ3v) is 8.44. The number of benzene rings is 8. The van der Waals surface area contributed by atoms with Crippen LogP contribution in [-0.4, -0.2) is 0 Å². The summed E-state index contributed by atoms with van der Waals surface area (Å²) in [6.07, 6.45) is 0. The van der Waals surface area contributed by atoms with E-state index in [1.54, 1.807) is 24.3 Å². The molecule has 0 unspecified atom stereocenters. The van der Waals surface area contributed by atoms with Gasteiger partial charge in [-0.25, -0.2) is 0 Å². The maximum absolute atomic E-state index is 8.46. The van der Waals surface area contributed by atoms with Crippen molar-refractivity contribution in [1.29, 1.82) is 0 Å². The van der Waals surface area contributed by atoms with Gasteiger partial charge in [0, 0.05) is 10.8 Å². The van der Waals surface area contributed by atoms with E-state index in [-0.39, 0.29) is 59.5 Å². The summed E-state index contributed by atoms with van der Waals surface area (Å²) in [5, 5.41) is 5.79. The van der Waals surface area contributed by atoms with Gasteiger partial charge in [-0.1, -0.05) is 145 Å². The van der Waals surface area contributed by atoms with Crippen LogP contribution in [0.25, 0.3) is 88.0 Å². The number of hydrogen-bond acceptors (Lipinski definition) is 1. The molecule has 210 valence electrons. The van der Waals surface area contributed by atoms with Gasteiger partial charge in [-0.3, -0.25) is 0 Å². The molecule has 0 aliphatic carbocycles. The SMILES string of the molecule is [2H]c1c([2H])c([2H])c(-c2ccc(-c3c4ccccc4c(-c4ccc5c(c4)oc4cc(-c6c([2H])c([2H])c([2H])c([2H])c6[2H])ccc45)c4ccccc34)cc2)c([2H])c1[2H]. The third kappa shape index (κ3) is 4.24. The lowest BCUT2D eigenvalue weighted by molar-refractivity contribution is 0.669. The van der Waals surface area contributed by atoms with Crippen molar-refractivity contribution in [3.63, 3.8) is 0 Å². The molecule has 0 N–H and O–H groups in total. The Bertz CT molecular complexity index is 2980. The Morgan fingerprint density at radius 3 is 1.27 bits per heavy atom. The molecule has 45 heavy (non-hydrogen) atoms. The maximum Gasteiger partial charge on any atom is 0.136 e. The van der Waals surface area contributed by atoms with Crippen LogP contribution >= 0.6 is 0 Å². The van der Waals surface area contributed by atoms with Crippen molar-refractivity contribution in [3.8, 4) is 44.5 Å². The second kappa shape index (κ2) is 10.4. The molecule has 1 heteroatoms. The van der Waals surface area contributed by atoms with Gasteiger partial charge >= 0.3 is 0 Å². The Balaban J connectivity index is 1.20. The van der Waals surface area contributed by atoms with E-state index in [0.717, 1.165) is 54.6 Å². The lowest BCUT2D eigenvalue weighted by Crippen LogP contribution is -1.91. The van der Waals surface area contributed by atoms with E-state index in [4.69, 9.17) is 18.1 Å². The predicted molar refractivity (Wildman–Crippen MR) is 190 cm³/mol. The zero-order valence-electron chi connectivity index (χ0n) is 33.8. The van der Waals surface area contributed by atoms with Crippen molar-refractivity contribution in [2.24, 2.45) is 0 Å². The molecule has 0 aliphatic heterocycles. The van der Waals surface area contributed by atoms with E-state index in [1.165, 1.54) is 0 Å². The molecule has 1 nitrogen and oxygen atoms in total. The topological polar surface area (TPSA) is 13.1 Å². The molecule has 0 amide bonds. The minimum atomic E-state index is -0.436. The van der Waals surface area contributed by atoms with Crippen molar-refractivity contribution in [3.05, 3.63) is 170 Å². The van der Waals surface area contributed by atoms with Gasteiger partial charge in [0.15, 0.2) is 0 Å². The van der Waals surface area contributed by atoms with Gasteiger partial charge in [0.1, 0.15) is 11.2 Å². The Labute approximate surface area is 275 Å². The lowest BCUT2D eigenvalue weighted by atomic mass is 9.85. The van der Waals surface area contributed by atoms with Crippen LogP contribution in [-0.2, 0) is 0 Å². The minimum Gasteiger partial charge on any atom is -0.456 e. The van der Waals surface area contributed by atoms with Crippen LogP contribution in [0.5, 0.6) is 0 Å². The summed E-state index contributed by atoms with van der Waals surface area (Å²) in [5.74, 6) is 0. The summed E-state index contributed by atoms with van der Waals surface area (Å²) in [5.41, 5.74) is 6.35. The highest BCUT2D eigenvalue weighted by atomic mass is 16.3. The van der Waals surface area contributed by atoms with E-state index in [2.05, 4.69) is 30.3 Å². The van der Waals surface area contributed by atoms with Crippen LogP contribution in [0.15, 0.2) is 174 Å². The summed E-state index contributed by atoms with van der Waals surface area (Å²) in [4.78, 5) is 0. The van der Waals surface area contributed by atoms with Crippen LogP contribution in [0.1, 0.15) is 13.7 Å². The second-order valence-electron chi connectivity index (χ2n) is 10.9. The molecule has 0 aliphatic rings. The van der Waals surface area contributed by atoms with Crippen LogP contribution in [0.3, 0.4) is 0 Å². The molecule has 0 bridgehead atoms. The van der Waals surface area contributed by atoms with Gasteiger partial charge in [0.2, 0.25) is 0 Å². The van der Waals surface area contributed by atoms with Crippen molar-refractivity contribution in [2.45, 2.75) is 0 Å². The van der Waals surface area contributed by atoms with Gasteiger partial charge in [0.25, 0.3) is 0 Å². The zero-order valence-corrected chi connectivity index (χ0v) is 23.8. The number of furan rings is 1. The molecule has 0 fully saturated rings. The quantitative estimate of drug-likeness (QED) is 0.188. The fourth-order valence-electron chi connectivity index (χ4n) is 6.43. The van der Waals surface area contributed by atoms with Crippen molar-refractivity contribution in [2.75, 3.05) is 0 Å². The van der Waals surface area contributed by atoms with Gasteiger partial charge in [-0.15, -0.1) is 0 Å². The fourth-order valence-corrected chi connectivity index (χ4v) is 6.43. The Morgan fingerprint density at radius 1 is 0.333 bits per heavy atom. The lowest BCUT2D eigenvalue weighted by Gasteiger charge is -2.18. The first-order chi connectivity index (χ1) is 26.5. The van der Waals surface area contributed by atoms with Crippen LogP contribution in [0.2, 0.25) is 0 Å². The Hall–Kier alpha value is -5.92. The Morgan fingerprint density at radius 2 is 0.733 bits per heavy atom. The Kier molecular flexibility index (Phi) is 4.01.